The summed E-state index contributed by atoms with van der Waals surface area (Å²) in [6.07, 6.45) is 3.97. The van der Waals surface area contributed by atoms with Gasteiger partial charge in [-0.25, -0.2) is 4.98 Å². The molecule has 32 heavy (non-hydrogen) atoms. The zero-order valence-electron chi connectivity index (χ0n) is 17.6. The van der Waals surface area contributed by atoms with Gasteiger partial charge in [0.15, 0.2) is 5.82 Å². The Morgan fingerprint density at radius 2 is 2.06 bits per heavy atom. The quantitative estimate of drug-likeness (QED) is 0.362. The van der Waals surface area contributed by atoms with Crippen LogP contribution in [0.5, 0.6) is 0 Å². The molecule has 4 rings (SSSR count). The standard InChI is InChI=1S/C23H23Cl2N5OS/c1-29(14-16-15-32-20-6-5-17(24)12-19(16)20)10-11-30-21(25)13-28-22(23(30)31)27-9-7-18-4-2-3-8-26-18/h2-6,8,12-13,15H,7,9-11,14H2,1H3,(H,27,28). The second kappa shape index (κ2) is 10.4. The lowest BCUT2D eigenvalue weighted by Gasteiger charge is -2.18. The monoisotopic (exact) mass is 487 g/mol. The van der Waals surface area contributed by atoms with E-state index in [-0.39, 0.29) is 5.56 Å². The van der Waals surface area contributed by atoms with E-state index < -0.39 is 0 Å². The van der Waals surface area contributed by atoms with Crippen LogP contribution in [0.1, 0.15) is 11.3 Å². The molecule has 9 heteroatoms. The Hall–Kier alpha value is -2.45. The molecule has 0 radical (unpaired) electrons. The number of nitrogens with zero attached hydrogens (tertiary/aromatic N) is 4. The molecule has 0 saturated carbocycles. The third kappa shape index (κ3) is 5.48. The van der Waals surface area contributed by atoms with Gasteiger partial charge in [0.1, 0.15) is 5.15 Å². The average Bonchev–Trinajstić information content (AvgIpc) is 3.17. The minimum absolute atomic E-state index is 0.223. The minimum atomic E-state index is -0.223. The number of fused-ring (bicyclic) bond motifs is 1. The van der Waals surface area contributed by atoms with Crippen LogP contribution in [-0.2, 0) is 19.5 Å². The summed E-state index contributed by atoms with van der Waals surface area (Å²) < 4.78 is 2.77. The molecular weight excluding hydrogens is 465 g/mol. The number of nitrogens with one attached hydrogen (secondary N) is 1. The Kier molecular flexibility index (Phi) is 7.42. The Balaban J connectivity index is 1.38. The third-order valence-electron chi connectivity index (χ3n) is 5.17. The molecule has 0 fully saturated rings. The number of thiophene rings is 1. The van der Waals surface area contributed by atoms with Crippen LogP contribution in [0, 0.1) is 0 Å². The predicted molar refractivity (Wildman–Crippen MR) is 133 cm³/mol. The smallest absolute Gasteiger partial charge is 0.294 e. The second-order valence-electron chi connectivity index (χ2n) is 7.52. The number of hydrogen-bond donors (Lipinski definition) is 1. The van der Waals surface area contributed by atoms with E-state index in [4.69, 9.17) is 23.2 Å². The van der Waals surface area contributed by atoms with Gasteiger partial charge in [0.05, 0.1) is 6.20 Å². The highest BCUT2D eigenvalue weighted by Gasteiger charge is 2.12. The Morgan fingerprint density at radius 1 is 1.19 bits per heavy atom. The topological polar surface area (TPSA) is 63.1 Å². The average molecular weight is 488 g/mol. The molecular formula is C23H23Cl2N5OS. The molecule has 0 bridgehead atoms. The van der Waals surface area contributed by atoms with Crippen LogP contribution in [0.3, 0.4) is 0 Å². The van der Waals surface area contributed by atoms with Crippen molar-refractivity contribution in [1.29, 1.82) is 0 Å². The normalized spacial score (nSPS) is 11.4. The van der Waals surface area contributed by atoms with E-state index in [0.717, 1.165) is 17.3 Å². The SMILES string of the molecule is CN(CCn1c(Cl)cnc(NCCc2ccccn2)c1=O)Cc1csc2ccc(Cl)cc12. The summed E-state index contributed by atoms with van der Waals surface area (Å²) in [5.74, 6) is 0.298. The van der Waals surface area contributed by atoms with E-state index >= 15 is 0 Å². The molecule has 0 atom stereocenters. The summed E-state index contributed by atoms with van der Waals surface area (Å²) >= 11 is 14.2. The molecule has 6 nitrogen and oxygen atoms in total. The molecule has 1 N–H and O–H groups in total. The first-order chi connectivity index (χ1) is 15.5. The zero-order valence-corrected chi connectivity index (χ0v) is 19.9. The summed E-state index contributed by atoms with van der Waals surface area (Å²) in [5, 5.41) is 7.50. The van der Waals surface area contributed by atoms with Gasteiger partial charge in [0.25, 0.3) is 5.56 Å². The molecule has 3 heterocycles. The van der Waals surface area contributed by atoms with Crippen molar-refractivity contribution in [3.05, 3.63) is 86.0 Å². The van der Waals surface area contributed by atoms with Crippen molar-refractivity contribution in [3.8, 4) is 0 Å². The molecule has 0 unspecified atom stereocenters. The van der Waals surface area contributed by atoms with Crippen molar-refractivity contribution < 1.29 is 0 Å². The van der Waals surface area contributed by atoms with Crippen LogP contribution in [-0.4, -0.2) is 39.6 Å². The van der Waals surface area contributed by atoms with Crippen LogP contribution >= 0.6 is 34.5 Å². The first-order valence-corrected chi connectivity index (χ1v) is 11.9. The lowest BCUT2D eigenvalue weighted by Crippen LogP contribution is -2.31. The maximum atomic E-state index is 12.9. The molecule has 0 saturated heterocycles. The zero-order chi connectivity index (χ0) is 22.5. The highest BCUT2D eigenvalue weighted by molar-refractivity contribution is 7.17. The Labute approximate surface area is 200 Å². The van der Waals surface area contributed by atoms with Crippen LogP contribution in [0.15, 0.2) is 59.0 Å². The number of hydrogen-bond acceptors (Lipinski definition) is 6. The van der Waals surface area contributed by atoms with Crippen molar-refractivity contribution in [2.75, 3.05) is 25.5 Å². The maximum absolute atomic E-state index is 12.9. The number of halogens is 2. The van der Waals surface area contributed by atoms with Crippen LogP contribution in [0.2, 0.25) is 10.2 Å². The van der Waals surface area contributed by atoms with Gasteiger partial charge in [-0.15, -0.1) is 11.3 Å². The van der Waals surface area contributed by atoms with Crippen molar-refractivity contribution in [2.45, 2.75) is 19.5 Å². The summed E-state index contributed by atoms with van der Waals surface area (Å²) in [5.41, 5.74) is 1.96. The minimum Gasteiger partial charge on any atom is -0.365 e. The molecule has 0 amide bonds. The first-order valence-electron chi connectivity index (χ1n) is 10.2. The van der Waals surface area contributed by atoms with E-state index in [1.54, 1.807) is 22.1 Å². The van der Waals surface area contributed by atoms with Gasteiger partial charge in [0, 0.05) is 54.2 Å². The summed E-state index contributed by atoms with van der Waals surface area (Å²) in [4.78, 5) is 23.5. The summed E-state index contributed by atoms with van der Waals surface area (Å²) in [6, 6.07) is 11.7. The van der Waals surface area contributed by atoms with Gasteiger partial charge in [-0.2, -0.15) is 0 Å². The van der Waals surface area contributed by atoms with Crippen LogP contribution < -0.4 is 10.9 Å². The van der Waals surface area contributed by atoms with E-state index in [0.29, 0.717) is 37.0 Å². The molecule has 0 aliphatic carbocycles. The molecule has 3 aromatic heterocycles. The number of benzene rings is 1. The van der Waals surface area contributed by atoms with E-state index in [1.165, 1.54) is 21.8 Å². The highest BCUT2D eigenvalue weighted by Crippen LogP contribution is 2.29. The molecule has 0 spiro atoms. The number of aromatic nitrogens is 3. The third-order valence-corrected chi connectivity index (χ3v) is 6.72. The largest absolute Gasteiger partial charge is 0.365 e. The van der Waals surface area contributed by atoms with Crippen molar-refractivity contribution in [3.63, 3.8) is 0 Å². The highest BCUT2D eigenvalue weighted by atomic mass is 35.5. The number of anilines is 1. The van der Waals surface area contributed by atoms with Crippen LogP contribution in [0.25, 0.3) is 10.1 Å². The lowest BCUT2D eigenvalue weighted by atomic mass is 10.1. The van der Waals surface area contributed by atoms with E-state index in [1.807, 2.05) is 43.4 Å². The van der Waals surface area contributed by atoms with Crippen LogP contribution in [0.4, 0.5) is 5.82 Å². The summed E-state index contributed by atoms with van der Waals surface area (Å²) in [6.45, 7) is 2.45. The van der Waals surface area contributed by atoms with Crippen molar-refractivity contribution >= 4 is 50.4 Å². The number of rotatable bonds is 9. The second-order valence-corrected chi connectivity index (χ2v) is 9.26. The lowest BCUT2D eigenvalue weighted by molar-refractivity contribution is 0.311. The first kappa shape index (κ1) is 22.7. The molecule has 0 aliphatic heterocycles. The fourth-order valence-corrected chi connectivity index (χ4v) is 4.79. The Bertz CT molecular complexity index is 1260. The fraction of sp³-hybridized carbons (Fsp3) is 0.261. The molecule has 0 aliphatic rings. The van der Waals surface area contributed by atoms with E-state index in [2.05, 4.69) is 25.6 Å². The van der Waals surface area contributed by atoms with Crippen molar-refractivity contribution in [2.24, 2.45) is 0 Å². The van der Waals surface area contributed by atoms with Gasteiger partial charge in [-0.3, -0.25) is 14.3 Å². The van der Waals surface area contributed by atoms with Gasteiger partial charge >= 0.3 is 0 Å². The molecule has 4 aromatic rings. The van der Waals surface area contributed by atoms with Gasteiger partial charge in [-0.1, -0.05) is 29.3 Å². The summed E-state index contributed by atoms with van der Waals surface area (Å²) in [7, 11) is 2.03. The van der Waals surface area contributed by atoms with Gasteiger partial charge < -0.3 is 10.2 Å². The van der Waals surface area contributed by atoms with Gasteiger partial charge in [-0.05, 0) is 53.7 Å². The van der Waals surface area contributed by atoms with Crippen molar-refractivity contribution in [1.82, 2.24) is 19.4 Å². The maximum Gasteiger partial charge on any atom is 0.294 e. The van der Waals surface area contributed by atoms with Gasteiger partial charge in [0.2, 0.25) is 0 Å². The Morgan fingerprint density at radius 3 is 2.88 bits per heavy atom. The number of pyridine rings is 1. The predicted octanol–water partition coefficient (Wildman–Crippen LogP) is 4.95. The molecule has 166 valence electrons. The molecule has 1 aromatic carbocycles. The number of likely N-dealkylation sites (N-methyl/N-ethyl adjacent to an activating group) is 1. The van der Waals surface area contributed by atoms with E-state index in [9.17, 15) is 4.79 Å². The fourth-order valence-electron chi connectivity index (χ4n) is 3.47.